The van der Waals surface area contributed by atoms with Crippen LogP contribution in [0, 0.1) is 17.3 Å². The summed E-state index contributed by atoms with van der Waals surface area (Å²) < 4.78 is 0. The molecular formula is C18H24O2. The first-order valence-electron chi connectivity index (χ1n) is 8.09. The van der Waals surface area contributed by atoms with Crippen molar-refractivity contribution < 1.29 is 10.2 Å². The van der Waals surface area contributed by atoms with Crippen molar-refractivity contribution in [1.29, 1.82) is 0 Å². The van der Waals surface area contributed by atoms with Crippen molar-refractivity contribution in [3.63, 3.8) is 0 Å². The molecule has 0 aliphatic heterocycles. The molecule has 0 heterocycles. The third-order valence-corrected chi connectivity index (χ3v) is 6.66. The number of aliphatic hydroxyl groups is 1. The molecule has 3 aliphatic rings. The average Bonchev–Trinajstić information content (AvgIpc) is 2.74. The van der Waals surface area contributed by atoms with Crippen molar-refractivity contribution >= 4 is 0 Å². The maximum absolute atomic E-state index is 10.4. The summed E-state index contributed by atoms with van der Waals surface area (Å²) in [6.45, 7) is 2.32. The Hall–Kier alpha value is -1.02. The molecule has 2 N–H and O–H groups in total. The highest BCUT2D eigenvalue weighted by Gasteiger charge is 2.54. The van der Waals surface area contributed by atoms with Gasteiger partial charge >= 0.3 is 0 Å². The molecule has 4 rings (SSSR count). The van der Waals surface area contributed by atoms with Crippen LogP contribution in [0.2, 0.25) is 0 Å². The minimum Gasteiger partial charge on any atom is -0.508 e. The van der Waals surface area contributed by atoms with Crippen LogP contribution in [0.4, 0.5) is 0 Å². The highest BCUT2D eigenvalue weighted by molar-refractivity contribution is 5.40. The second-order valence-corrected chi connectivity index (χ2v) is 7.44. The minimum absolute atomic E-state index is 0.0883. The fraction of sp³-hybridized carbons (Fsp3) is 0.667. The summed E-state index contributed by atoms with van der Waals surface area (Å²) in [6, 6.07) is 5.96. The van der Waals surface area contributed by atoms with Gasteiger partial charge in [-0.3, -0.25) is 0 Å². The van der Waals surface area contributed by atoms with E-state index >= 15 is 0 Å². The zero-order chi connectivity index (χ0) is 13.9. The van der Waals surface area contributed by atoms with E-state index in [1.54, 1.807) is 0 Å². The Labute approximate surface area is 120 Å². The lowest BCUT2D eigenvalue weighted by Crippen LogP contribution is -2.43. The van der Waals surface area contributed by atoms with Gasteiger partial charge in [0.1, 0.15) is 5.75 Å². The van der Waals surface area contributed by atoms with Gasteiger partial charge in [0.05, 0.1) is 6.10 Å². The number of fused-ring (bicyclic) bond motifs is 5. The van der Waals surface area contributed by atoms with E-state index < -0.39 is 0 Å². The standard InChI is InChI=1S/C18H24O2/c1-18-9-8-14-13-5-3-12(19)10-11(13)2-4-15(14)16(18)6-7-17(18)20/h3,5,10,14-17,19-20H,2,4,6-9H2,1H3/t14-,15+,16-,17-,18-/m0/s1. The van der Waals surface area contributed by atoms with Gasteiger partial charge in [0.15, 0.2) is 0 Å². The molecule has 1 aromatic rings. The highest BCUT2D eigenvalue weighted by atomic mass is 16.3. The molecule has 5 atom stereocenters. The lowest BCUT2D eigenvalue weighted by molar-refractivity contribution is -0.0226. The van der Waals surface area contributed by atoms with E-state index in [-0.39, 0.29) is 11.5 Å². The molecule has 20 heavy (non-hydrogen) atoms. The third-order valence-electron chi connectivity index (χ3n) is 6.66. The number of phenols is 1. The van der Waals surface area contributed by atoms with Crippen LogP contribution in [0.3, 0.4) is 0 Å². The fourth-order valence-corrected chi connectivity index (χ4v) is 5.54. The third kappa shape index (κ3) is 1.60. The van der Waals surface area contributed by atoms with Crippen LogP contribution in [-0.2, 0) is 6.42 Å². The fourth-order valence-electron chi connectivity index (χ4n) is 5.54. The largest absolute Gasteiger partial charge is 0.508 e. The lowest BCUT2D eigenvalue weighted by Gasteiger charge is -2.50. The molecule has 2 nitrogen and oxygen atoms in total. The van der Waals surface area contributed by atoms with Gasteiger partial charge in [-0.1, -0.05) is 13.0 Å². The second kappa shape index (κ2) is 4.24. The predicted octanol–water partition coefficient (Wildman–Crippen LogP) is 3.61. The summed E-state index contributed by atoms with van der Waals surface area (Å²) in [5, 5.41) is 20.0. The number of aromatic hydroxyl groups is 1. The van der Waals surface area contributed by atoms with Crippen LogP contribution < -0.4 is 0 Å². The lowest BCUT2D eigenvalue weighted by atomic mass is 9.55. The topological polar surface area (TPSA) is 40.5 Å². The minimum atomic E-state index is -0.0883. The summed E-state index contributed by atoms with van der Waals surface area (Å²) >= 11 is 0. The SMILES string of the molecule is C[C@]12CC[C@H]3c4ccc(O)cc4CC[C@H]3[C@@H]1CC[C@@H]2O. The number of hydrogen-bond acceptors (Lipinski definition) is 2. The summed E-state index contributed by atoms with van der Waals surface area (Å²) in [5.41, 5.74) is 2.99. The molecular weight excluding hydrogens is 248 g/mol. The first kappa shape index (κ1) is 12.7. The molecule has 0 spiro atoms. The van der Waals surface area contributed by atoms with Gasteiger partial charge in [-0.25, -0.2) is 0 Å². The van der Waals surface area contributed by atoms with E-state index in [9.17, 15) is 10.2 Å². The molecule has 0 bridgehead atoms. The van der Waals surface area contributed by atoms with Gasteiger partial charge in [0, 0.05) is 0 Å². The Morgan fingerprint density at radius 2 is 2.00 bits per heavy atom. The summed E-state index contributed by atoms with van der Waals surface area (Å²) in [4.78, 5) is 0. The Balaban J connectivity index is 1.71. The van der Waals surface area contributed by atoms with E-state index in [2.05, 4.69) is 13.0 Å². The molecule has 0 radical (unpaired) electrons. The van der Waals surface area contributed by atoms with Crippen LogP contribution in [0.15, 0.2) is 18.2 Å². The van der Waals surface area contributed by atoms with E-state index in [0.29, 0.717) is 17.6 Å². The van der Waals surface area contributed by atoms with Gasteiger partial charge in [-0.2, -0.15) is 0 Å². The van der Waals surface area contributed by atoms with Crippen molar-refractivity contribution in [2.24, 2.45) is 17.3 Å². The summed E-state index contributed by atoms with van der Waals surface area (Å²) in [7, 11) is 0. The number of aryl methyl sites for hydroxylation is 1. The van der Waals surface area contributed by atoms with Gasteiger partial charge in [-0.05, 0) is 85.0 Å². The molecule has 2 heteroatoms. The van der Waals surface area contributed by atoms with E-state index in [1.165, 1.54) is 30.4 Å². The summed E-state index contributed by atoms with van der Waals surface area (Å²) in [5.74, 6) is 2.49. The van der Waals surface area contributed by atoms with Crippen LogP contribution in [0.1, 0.15) is 56.1 Å². The summed E-state index contributed by atoms with van der Waals surface area (Å²) in [6.07, 6.45) is 6.78. The quantitative estimate of drug-likeness (QED) is 0.757. The van der Waals surface area contributed by atoms with Crippen molar-refractivity contribution in [2.45, 2.75) is 57.5 Å². The second-order valence-electron chi connectivity index (χ2n) is 7.44. The van der Waals surface area contributed by atoms with Crippen LogP contribution >= 0.6 is 0 Å². The smallest absolute Gasteiger partial charge is 0.115 e. The number of benzene rings is 1. The van der Waals surface area contributed by atoms with Crippen molar-refractivity contribution in [3.05, 3.63) is 29.3 Å². The van der Waals surface area contributed by atoms with Crippen LogP contribution in [-0.4, -0.2) is 16.3 Å². The van der Waals surface area contributed by atoms with Crippen LogP contribution in [0.5, 0.6) is 5.75 Å². The maximum Gasteiger partial charge on any atom is 0.115 e. The Morgan fingerprint density at radius 1 is 1.15 bits per heavy atom. The van der Waals surface area contributed by atoms with Gasteiger partial charge in [-0.15, -0.1) is 0 Å². The van der Waals surface area contributed by atoms with Gasteiger partial charge in [0.2, 0.25) is 0 Å². The molecule has 0 aromatic heterocycles. The van der Waals surface area contributed by atoms with Gasteiger partial charge in [0.25, 0.3) is 0 Å². The van der Waals surface area contributed by atoms with E-state index in [0.717, 1.165) is 25.2 Å². The monoisotopic (exact) mass is 272 g/mol. The average molecular weight is 272 g/mol. The molecule has 2 saturated carbocycles. The molecule has 1 aromatic carbocycles. The van der Waals surface area contributed by atoms with Gasteiger partial charge < -0.3 is 10.2 Å². The first-order valence-corrected chi connectivity index (χ1v) is 8.09. The Kier molecular flexibility index (Phi) is 2.69. The Bertz CT molecular complexity index is 538. The number of phenolic OH excluding ortho intramolecular Hbond substituents is 1. The first-order chi connectivity index (χ1) is 9.59. The van der Waals surface area contributed by atoms with Crippen molar-refractivity contribution in [1.82, 2.24) is 0 Å². The Morgan fingerprint density at radius 3 is 2.85 bits per heavy atom. The molecule has 108 valence electrons. The van der Waals surface area contributed by atoms with Crippen LogP contribution in [0.25, 0.3) is 0 Å². The zero-order valence-corrected chi connectivity index (χ0v) is 12.2. The normalized spacial score (nSPS) is 42.7. The number of hydrogen-bond donors (Lipinski definition) is 2. The number of aliphatic hydroxyl groups excluding tert-OH is 1. The molecule has 3 aliphatic carbocycles. The van der Waals surface area contributed by atoms with Crippen molar-refractivity contribution in [2.75, 3.05) is 0 Å². The zero-order valence-electron chi connectivity index (χ0n) is 12.2. The molecule has 0 amide bonds. The number of rotatable bonds is 0. The molecule has 0 saturated heterocycles. The highest BCUT2D eigenvalue weighted by Crippen LogP contribution is 2.60. The predicted molar refractivity (Wildman–Crippen MR) is 78.7 cm³/mol. The molecule has 0 unspecified atom stereocenters. The van der Waals surface area contributed by atoms with Crippen molar-refractivity contribution in [3.8, 4) is 5.75 Å². The van der Waals surface area contributed by atoms with E-state index in [1.807, 2.05) is 12.1 Å². The maximum atomic E-state index is 10.4. The van der Waals surface area contributed by atoms with E-state index in [4.69, 9.17) is 0 Å². The molecule has 2 fully saturated rings.